The highest BCUT2D eigenvalue weighted by Crippen LogP contribution is 2.51. The Hall–Kier alpha value is -2.96. The lowest BCUT2D eigenvalue weighted by atomic mass is 9.57. The molecule has 4 aromatic rings. The highest BCUT2D eigenvalue weighted by Gasteiger charge is 2.52. The molecule has 0 radical (unpaired) electrons. The number of nitrogens with one attached hydrogen (secondary N) is 2. The van der Waals surface area contributed by atoms with E-state index in [9.17, 15) is 13.6 Å². The molecular weight excluding hydrogens is 532 g/mol. The number of hydrogen-bond donors (Lipinski definition) is 2. The van der Waals surface area contributed by atoms with Gasteiger partial charge in [-0.05, 0) is 55.1 Å². The molecule has 3 aromatic heterocycles. The van der Waals surface area contributed by atoms with E-state index in [4.69, 9.17) is 0 Å². The van der Waals surface area contributed by atoms with Gasteiger partial charge in [0.2, 0.25) is 0 Å². The third-order valence-electron chi connectivity index (χ3n) is 8.91. The molecule has 1 aliphatic carbocycles. The summed E-state index contributed by atoms with van der Waals surface area (Å²) < 4.78 is 31.5. The summed E-state index contributed by atoms with van der Waals surface area (Å²) in [5, 5.41) is 0. The summed E-state index contributed by atoms with van der Waals surface area (Å²) in [4.78, 5) is 23.8. The number of rotatable bonds is 6. The smallest absolute Gasteiger partial charge is 0.293 e. The molecule has 1 saturated carbocycles. The molecule has 5 heterocycles. The van der Waals surface area contributed by atoms with Crippen LogP contribution < -0.4 is 16.5 Å². The molecule has 1 unspecified atom stereocenters. The molecule has 1 atom stereocenters. The van der Waals surface area contributed by atoms with Gasteiger partial charge in [0, 0.05) is 54.3 Å². The number of benzene rings is 1. The number of nitrogens with zero attached hydrogens (tertiary/aromatic N) is 5. The third kappa shape index (κ3) is 4.22. The minimum atomic E-state index is -2.69. The van der Waals surface area contributed by atoms with Gasteiger partial charge in [-0.2, -0.15) is 0 Å². The van der Waals surface area contributed by atoms with Gasteiger partial charge in [0.15, 0.2) is 0 Å². The van der Waals surface area contributed by atoms with Crippen LogP contribution in [0.4, 0.5) is 8.78 Å². The van der Waals surface area contributed by atoms with Crippen LogP contribution in [0.3, 0.4) is 0 Å². The van der Waals surface area contributed by atoms with Crippen molar-refractivity contribution in [2.24, 2.45) is 5.92 Å². The Labute approximate surface area is 235 Å². The third-order valence-corrected chi connectivity index (χ3v) is 9.77. The summed E-state index contributed by atoms with van der Waals surface area (Å²) in [5.74, 6) is 0.605. The zero-order valence-corrected chi connectivity index (χ0v) is 23.4. The molecule has 2 fully saturated rings. The van der Waals surface area contributed by atoms with E-state index in [1.807, 2.05) is 17.6 Å². The van der Waals surface area contributed by atoms with Gasteiger partial charge in [0.1, 0.15) is 0 Å². The van der Waals surface area contributed by atoms with E-state index in [1.165, 1.54) is 13.8 Å². The fraction of sp³-hybridized carbons (Fsp3) is 0.448. The maximum atomic E-state index is 14.3. The van der Waals surface area contributed by atoms with Gasteiger partial charge >= 0.3 is 5.69 Å². The van der Waals surface area contributed by atoms with Crippen molar-refractivity contribution in [3.05, 3.63) is 86.0 Å². The van der Waals surface area contributed by atoms with Crippen LogP contribution in [-0.4, -0.2) is 50.2 Å². The van der Waals surface area contributed by atoms with Gasteiger partial charge in [0.05, 0.1) is 35.2 Å². The number of imidazole rings is 1. The highest BCUT2D eigenvalue weighted by molar-refractivity contribution is 7.09. The molecule has 2 N–H and O–H groups in total. The van der Waals surface area contributed by atoms with Crippen LogP contribution in [0.15, 0.2) is 53.0 Å². The molecule has 7 rings (SSSR count). The molecule has 3 aliphatic rings. The molecule has 1 saturated heterocycles. The maximum absolute atomic E-state index is 14.3. The van der Waals surface area contributed by atoms with Crippen LogP contribution in [0.5, 0.6) is 0 Å². The summed E-state index contributed by atoms with van der Waals surface area (Å²) in [7, 11) is 2.10. The minimum absolute atomic E-state index is 0.0931. The Balaban J connectivity index is 1.25. The summed E-state index contributed by atoms with van der Waals surface area (Å²) in [6, 6.07) is 9.59. The molecule has 0 bridgehead atoms. The second-order valence-electron chi connectivity index (χ2n) is 11.7. The van der Waals surface area contributed by atoms with E-state index in [1.54, 1.807) is 29.8 Å². The van der Waals surface area contributed by atoms with Crippen molar-refractivity contribution in [1.82, 2.24) is 34.6 Å². The number of hydrazine groups is 1. The molecule has 0 spiro atoms. The number of halogens is 2. The van der Waals surface area contributed by atoms with Crippen molar-refractivity contribution in [2.45, 2.75) is 57.3 Å². The second-order valence-corrected chi connectivity index (χ2v) is 12.6. The maximum Gasteiger partial charge on any atom is 0.337 e. The van der Waals surface area contributed by atoms with Gasteiger partial charge in [-0.15, -0.1) is 11.3 Å². The SMILES string of the molecule is CC1CC(c2cccc(-n3cc4c(C(F)F)cc(CN5CCc6ncsc6C5)cn4c3=O)c2)(C2NNCN2C)C1. The average Bonchev–Trinajstić information content (AvgIpc) is 3.65. The van der Waals surface area contributed by atoms with E-state index in [-0.39, 0.29) is 28.4 Å². The first-order valence-corrected chi connectivity index (χ1v) is 14.7. The number of likely N-dealkylation sites (N-methyl/N-ethyl adjacent to an activating group) is 1. The number of alkyl halides is 2. The number of pyridine rings is 1. The summed E-state index contributed by atoms with van der Waals surface area (Å²) >= 11 is 1.63. The van der Waals surface area contributed by atoms with E-state index >= 15 is 0 Å². The second kappa shape index (κ2) is 9.85. The van der Waals surface area contributed by atoms with Crippen molar-refractivity contribution in [3.8, 4) is 5.69 Å². The Morgan fingerprint density at radius 3 is 2.83 bits per heavy atom. The monoisotopic (exact) mass is 565 g/mol. The zero-order chi connectivity index (χ0) is 27.6. The molecule has 1 aromatic carbocycles. The standard InChI is InChI=1S/C29H33F2N7OS/c1-18-10-29(11-18,27-34-33-16-35(27)2)20-4-3-5-21(9-20)37-14-24-22(26(30)31)8-19(13-38(24)28(37)39)12-36-7-6-23-25(15-36)40-17-32-23/h3-5,8-9,13-14,17-18,26-27,33-34H,6-7,10-12,15-16H2,1-2H3. The van der Waals surface area contributed by atoms with E-state index in [2.05, 4.69) is 51.7 Å². The van der Waals surface area contributed by atoms with Crippen molar-refractivity contribution in [1.29, 1.82) is 0 Å². The van der Waals surface area contributed by atoms with Crippen molar-refractivity contribution in [3.63, 3.8) is 0 Å². The number of thiazole rings is 1. The van der Waals surface area contributed by atoms with Crippen LogP contribution in [0, 0.1) is 5.92 Å². The fourth-order valence-corrected chi connectivity index (χ4v) is 7.94. The summed E-state index contributed by atoms with van der Waals surface area (Å²) in [5.41, 5.74) is 11.9. The van der Waals surface area contributed by atoms with Crippen LogP contribution in [0.2, 0.25) is 0 Å². The van der Waals surface area contributed by atoms with Crippen LogP contribution >= 0.6 is 11.3 Å². The number of hydrogen-bond acceptors (Lipinski definition) is 7. The Morgan fingerprint density at radius 1 is 1.23 bits per heavy atom. The molecule has 11 heteroatoms. The zero-order valence-electron chi connectivity index (χ0n) is 22.6. The number of fused-ring (bicyclic) bond motifs is 2. The van der Waals surface area contributed by atoms with Crippen molar-refractivity contribution < 1.29 is 8.78 Å². The van der Waals surface area contributed by atoms with E-state index in [0.29, 0.717) is 23.7 Å². The fourth-order valence-electron chi connectivity index (χ4n) is 7.08. The van der Waals surface area contributed by atoms with E-state index in [0.717, 1.165) is 50.3 Å². The van der Waals surface area contributed by atoms with E-state index < -0.39 is 6.43 Å². The molecule has 40 heavy (non-hydrogen) atoms. The first kappa shape index (κ1) is 26.0. The summed E-state index contributed by atoms with van der Waals surface area (Å²) in [6.07, 6.45) is 3.64. The van der Waals surface area contributed by atoms with Crippen LogP contribution in [-0.2, 0) is 24.9 Å². The lowest BCUT2D eigenvalue weighted by Crippen LogP contribution is -2.58. The molecule has 2 aliphatic heterocycles. The average molecular weight is 566 g/mol. The Bertz CT molecular complexity index is 1620. The van der Waals surface area contributed by atoms with Gasteiger partial charge in [0.25, 0.3) is 6.43 Å². The lowest BCUT2D eigenvalue weighted by Gasteiger charge is -2.52. The Morgan fingerprint density at radius 2 is 2.08 bits per heavy atom. The predicted molar refractivity (Wildman–Crippen MR) is 151 cm³/mol. The predicted octanol–water partition coefficient (Wildman–Crippen LogP) is 4.03. The Kier molecular flexibility index (Phi) is 6.39. The van der Waals surface area contributed by atoms with Crippen LogP contribution in [0.1, 0.15) is 53.5 Å². The minimum Gasteiger partial charge on any atom is -0.293 e. The first-order chi connectivity index (χ1) is 19.3. The summed E-state index contributed by atoms with van der Waals surface area (Å²) in [6.45, 7) is 5.07. The topological polar surface area (TPSA) is 69.8 Å². The normalized spacial score (nSPS) is 25.5. The number of aromatic nitrogens is 3. The first-order valence-electron chi connectivity index (χ1n) is 13.8. The largest absolute Gasteiger partial charge is 0.337 e. The van der Waals surface area contributed by atoms with Gasteiger partial charge in [-0.25, -0.2) is 29.4 Å². The quantitative estimate of drug-likeness (QED) is 0.368. The van der Waals surface area contributed by atoms with Crippen molar-refractivity contribution in [2.75, 3.05) is 20.3 Å². The van der Waals surface area contributed by atoms with Gasteiger partial charge in [-0.1, -0.05) is 19.1 Å². The molecule has 0 amide bonds. The lowest BCUT2D eigenvalue weighted by molar-refractivity contribution is 0.0523. The molecular formula is C29H33F2N7OS. The van der Waals surface area contributed by atoms with Crippen molar-refractivity contribution >= 4 is 16.9 Å². The van der Waals surface area contributed by atoms with Gasteiger partial charge < -0.3 is 0 Å². The molecule has 210 valence electrons. The van der Waals surface area contributed by atoms with Crippen LogP contribution in [0.25, 0.3) is 11.2 Å². The molecule has 8 nitrogen and oxygen atoms in total. The highest BCUT2D eigenvalue weighted by atomic mass is 32.1. The van der Waals surface area contributed by atoms with Gasteiger partial charge in [-0.3, -0.25) is 18.8 Å².